The van der Waals surface area contributed by atoms with Gasteiger partial charge in [0.2, 0.25) is 0 Å². The van der Waals surface area contributed by atoms with Crippen molar-refractivity contribution in [1.82, 2.24) is 19.6 Å². The smallest absolute Gasteiger partial charge is 0.360 e. The van der Waals surface area contributed by atoms with Crippen LogP contribution in [0.5, 0.6) is 0 Å². The highest BCUT2D eigenvalue weighted by Crippen LogP contribution is 2.21. The maximum Gasteiger partial charge on any atom is 0.360 e. The summed E-state index contributed by atoms with van der Waals surface area (Å²) in [7, 11) is 4.71. The molecule has 2 aromatic rings. The summed E-state index contributed by atoms with van der Waals surface area (Å²) in [5.74, 6) is -0.946. The summed E-state index contributed by atoms with van der Waals surface area (Å²) in [6.07, 6.45) is 1.48. The lowest BCUT2D eigenvalue weighted by atomic mass is 10.2. The van der Waals surface area contributed by atoms with Gasteiger partial charge in [0, 0.05) is 19.8 Å². The molecule has 0 radical (unpaired) electrons. The van der Waals surface area contributed by atoms with Gasteiger partial charge < -0.3 is 10.1 Å². The Kier molecular flexibility index (Phi) is 3.79. The number of carbonyl (C=O) groups is 2. The number of methoxy groups -OCH3 is 1. The topological polar surface area (TPSA) is 91.0 Å². The van der Waals surface area contributed by atoms with Crippen LogP contribution in [0.15, 0.2) is 6.20 Å². The number of aromatic nitrogens is 4. The molecule has 8 heteroatoms. The molecule has 0 fully saturated rings. The number of aryl methyl sites for hydroxylation is 2. The Hall–Kier alpha value is -2.64. The Balaban J connectivity index is 2.37. The van der Waals surface area contributed by atoms with Gasteiger partial charge in [0.25, 0.3) is 5.91 Å². The highest BCUT2D eigenvalue weighted by Gasteiger charge is 2.23. The summed E-state index contributed by atoms with van der Waals surface area (Å²) in [5, 5.41) is 10.8. The van der Waals surface area contributed by atoms with E-state index < -0.39 is 5.97 Å². The summed E-state index contributed by atoms with van der Waals surface area (Å²) >= 11 is 0. The summed E-state index contributed by atoms with van der Waals surface area (Å²) in [4.78, 5) is 24.0. The van der Waals surface area contributed by atoms with Crippen LogP contribution in [0.1, 0.15) is 32.2 Å². The maximum atomic E-state index is 12.3. The predicted octanol–water partition coefficient (Wildman–Crippen LogP) is 0.809. The van der Waals surface area contributed by atoms with Crippen LogP contribution in [-0.4, -0.2) is 38.5 Å². The molecule has 0 bridgehead atoms. The molecule has 0 aliphatic rings. The molecule has 21 heavy (non-hydrogen) atoms. The van der Waals surface area contributed by atoms with Gasteiger partial charge >= 0.3 is 5.97 Å². The van der Waals surface area contributed by atoms with Gasteiger partial charge in [0.1, 0.15) is 0 Å². The van der Waals surface area contributed by atoms with Gasteiger partial charge in [-0.1, -0.05) is 0 Å². The Morgan fingerprint density at radius 2 is 1.86 bits per heavy atom. The zero-order valence-electron chi connectivity index (χ0n) is 12.6. The first-order valence-electron chi connectivity index (χ1n) is 6.28. The van der Waals surface area contributed by atoms with Gasteiger partial charge in [-0.2, -0.15) is 10.2 Å². The fourth-order valence-corrected chi connectivity index (χ4v) is 1.90. The Bertz CT molecular complexity index is 714. The van der Waals surface area contributed by atoms with Gasteiger partial charge in [-0.25, -0.2) is 4.79 Å². The summed E-state index contributed by atoms with van der Waals surface area (Å²) in [6, 6.07) is 0. The molecule has 2 rings (SSSR count). The van der Waals surface area contributed by atoms with E-state index >= 15 is 0 Å². The van der Waals surface area contributed by atoms with Crippen molar-refractivity contribution >= 4 is 17.6 Å². The van der Waals surface area contributed by atoms with E-state index in [1.165, 1.54) is 18.0 Å². The third kappa shape index (κ3) is 2.51. The second-order valence-electron chi connectivity index (χ2n) is 4.65. The van der Waals surface area contributed by atoms with Crippen molar-refractivity contribution < 1.29 is 14.3 Å². The summed E-state index contributed by atoms with van der Waals surface area (Å²) in [5.41, 5.74) is 2.25. The van der Waals surface area contributed by atoms with Gasteiger partial charge in [0.05, 0.1) is 30.3 Å². The van der Waals surface area contributed by atoms with Crippen LogP contribution in [-0.2, 0) is 18.8 Å². The second kappa shape index (κ2) is 5.39. The highest BCUT2D eigenvalue weighted by atomic mass is 16.5. The van der Waals surface area contributed by atoms with Crippen LogP contribution in [0.3, 0.4) is 0 Å². The molecule has 1 amide bonds. The number of ether oxygens (including phenoxy) is 1. The fraction of sp³-hybridized carbons (Fsp3) is 0.385. The number of hydrogen-bond acceptors (Lipinski definition) is 5. The van der Waals surface area contributed by atoms with Crippen LogP contribution < -0.4 is 5.32 Å². The van der Waals surface area contributed by atoms with Crippen molar-refractivity contribution in [2.45, 2.75) is 13.8 Å². The molecule has 0 aromatic carbocycles. The molecule has 112 valence electrons. The van der Waals surface area contributed by atoms with Crippen molar-refractivity contribution in [1.29, 1.82) is 0 Å². The number of amides is 1. The van der Waals surface area contributed by atoms with Crippen molar-refractivity contribution in [3.63, 3.8) is 0 Å². The number of nitrogens with one attached hydrogen (secondary N) is 1. The SMILES string of the molecule is COC(=O)c1nn(C)c(C)c1NC(=O)c1cnn(C)c1C. The molecule has 8 nitrogen and oxygen atoms in total. The molecule has 1 N–H and O–H groups in total. The minimum atomic E-state index is -0.600. The van der Waals surface area contributed by atoms with E-state index in [4.69, 9.17) is 0 Å². The van der Waals surface area contributed by atoms with E-state index in [0.717, 1.165) is 5.69 Å². The van der Waals surface area contributed by atoms with Crippen molar-refractivity contribution in [2.75, 3.05) is 12.4 Å². The normalized spacial score (nSPS) is 10.5. The molecule has 0 atom stereocenters. The lowest BCUT2D eigenvalue weighted by molar-refractivity contribution is 0.0594. The van der Waals surface area contributed by atoms with Crippen molar-refractivity contribution in [3.8, 4) is 0 Å². The fourth-order valence-electron chi connectivity index (χ4n) is 1.90. The van der Waals surface area contributed by atoms with E-state index in [1.807, 2.05) is 0 Å². The lowest BCUT2D eigenvalue weighted by Gasteiger charge is -2.06. The van der Waals surface area contributed by atoms with E-state index in [9.17, 15) is 9.59 Å². The zero-order chi connectivity index (χ0) is 15.7. The van der Waals surface area contributed by atoms with E-state index in [1.54, 1.807) is 32.6 Å². The van der Waals surface area contributed by atoms with Gasteiger partial charge in [-0.15, -0.1) is 0 Å². The Morgan fingerprint density at radius 3 is 2.38 bits per heavy atom. The number of hydrogen-bond donors (Lipinski definition) is 1. The molecular formula is C13H17N5O3. The maximum absolute atomic E-state index is 12.3. The molecule has 0 saturated carbocycles. The third-order valence-electron chi connectivity index (χ3n) is 3.43. The molecule has 0 saturated heterocycles. The Morgan fingerprint density at radius 1 is 1.19 bits per heavy atom. The minimum absolute atomic E-state index is 0.0763. The van der Waals surface area contributed by atoms with Crippen molar-refractivity contribution in [3.05, 3.63) is 28.8 Å². The number of carbonyl (C=O) groups excluding carboxylic acids is 2. The van der Waals surface area contributed by atoms with Crippen LogP contribution in [0.4, 0.5) is 5.69 Å². The molecular weight excluding hydrogens is 274 g/mol. The van der Waals surface area contributed by atoms with Crippen LogP contribution in [0.25, 0.3) is 0 Å². The average Bonchev–Trinajstić information content (AvgIpc) is 2.93. The number of rotatable bonds is 3. The summed E-state index contributed by atoms with van der Waals surface area (Å²) in [6.45, 7) is 3.55. The van der Waals surface area contributed by atoms with Crippen LogP contribution in [0.2, 0.25) is 0 Å². The zero-order valence-corrected chi connectivity index (χ0v) is 12.6. The Labute approximate surface area is 121 Å². The van der Waals surface area contributed by atoms with Gasteiger partial charge in [0.15, 0.2) is 5.69 Å². The first kappa shape index (κ1) is 14.8. The van der Waals surface area contributed by atoms with Gasteiger partial charge in [-0.05, 0) is 13.8 Å². The molecule has 2 aromatic heterocycles. The molecule has 0 aliphatic carbocycles. The molecule has 0 aliphatic heterocycles. The van der Waals surface area contributed by atoms with E-state index in [-0.39, 0.29) is 11.6 Å². The van der Waals surface area contributed by atoms with Crippen LogP contribution in [0, 0.1) is 13.8 Å². The molecule has 0 spiro atoms. The number of esters is 1. The van der Waals surface area contributed by atoms with Crippen molar-refractivity contribution in [2.24, 2.45) is 14.1 Å². The van der Waals surface area contributed by atoms with Gasteiger partial charge in [-0.3, -0.25) is 14.2 Å². The third-order valence-corrected chi connectivity index (χ3v) is 3.43. The summed E-state index contributed by atoms with van der Waals surface area (Å²) < 4.78 is 7.79. The lowest BCUT2D eigenvalue weighted by Crippen LogP contribution is -2.16. The standard InChI is InChI=1S/C13H17N5O3/c1-7-9(6-14-17(7)3)12(19)15-10-8(2)18(4)16-11(10)13(20)21-5/h6H,1-5H3,(H,15,19). The highest BCUT2D eigenvalue weighted by molar-refractivity contribution is 6.08. The molecule has 2 heterocycles. The monoisotopic (exact) mass is 291 g/mol. The first-order chi connectivity index (χ1) is 9.86. The second-order valence-corrected chi connectivity index (χ2v) is 4.65. The number of nitrogens with zero attached hydrogens (tertiary/aromatic N) is 4. The van der Waals surface area contributed by atoms with E-state index in [0.29, 0.717) is 16.9 Å². The molecule has 0 unspecified atom stereocenters. The quantitative estimate of drug-likeness (QED) is 0.845. The average molecular weight is 291 g/mol. The first-order valence-corrected chi connectivity index (χ1v) is 6.28. The largest absolute Gasteiger partial charge is 0.464 e. The van der Waals surface area contributed by atoms with Crippen LogP contribution >= 0.6 is 0 Å². The predicted molar refractivity (Wildman–Crippen MR) is 75.2 cm³/mol. The van der Waals surface area contributed by atoms with E-state index in [2.05, 4.69) is 20.3 Å². The minimum Gasteiger partial charge on any atom is -0.464 e. The number of anilines is 1.